The molecule has 0 amide bonds. The molecule has 3 aromatic rings. The lowest BCUT2D eigenvalue weighted by Crippen LogP contribution is -1.97. The van der Waals surface area contributed by atoms with Gasteiger partial charge in [-0.2, -0.15) is 5.10 Å². The molecule has 2 heterocycles. The molecule has 0 spiro atoms. The molecule has 2 aromatic heterocycles. The van der Waals surface area contributed by atoms with Crippen molar-refractivity contribution in [1.29, 1.82) is 0 Å². The number of aromatic nitrogens is 4. The molecule has 0 fully saturated rings. The molecule has 0 aliphatic rings. The van der Waals surface area contributed by atoms with Gasteiger partial charge in [0.05, 0.1) is 23.1 Å². The number of aromatic hydroxyl groups is 1. The number of benzene rings is 1. The summed E-state index contributed by atoms with van der Waals surface area (Å²) in [5.74, 6) is 0.332. The molecule has 0 aliphatic carbocycles. The first-order valence-corrected chi connectivity index (χ1v) is 6.13. The number of H-pyrrole nitrogens is 1. The highest BCUT2D eigenvalue weighted by molar-refractivity contribution is 6.32. The molecule has 4 N–H and O–H groups in total. The Balaban J connectivity index is 2.20. The molecular weight excluding hydrogens is 278 g/mol. The Morgan fingerprint density at radius 2 is 2.00 bits per heavy atom. The number of anilines is 1. The van der Waals surface area contributed by atoms with Crippen LogP contribution in [0.15, 0.2) is 36.8 Å². The predicted molar refractivity (Wildman–Crippen MR) is 76.1 cm³/mol. The van der Waals surface area contributed by atoms with Crippen LogP contribution in [0.2, 0.25) is 5.02 Å². The van der Waals surface area contributed by atoms with Crippen LogP contribution in [0.25, 0.3) is 22.5 Å². The van der Waals surface area contributed by atoms with Crippen LogP contribution in [0.3, 0.4) is 0 Å². The van der Waals surface area contributed by atoms with Crippen molar-refractivity contribution in [3.8, 4) is 28.3 Å². The van der Waals surface area contributed by atoms with Crippen molar-refractivity contribution < 1.29 is 5.11 Å². The fourth-order valence-corrected chi connectivity index (χ4v) is 2.03. The number of nitrogen functional groups attached to an aromatic ring is 1. The van der Waals surface area contributed by atoms with E-state index in [4.69, 9.17) is 17.3 Å². The smallest absolute Gasteiger partial charge is 0.142 e. The average Bonchev–Trinajstić information content (AvgIpc) is 2.96. The zero-order chi connectivity index (χ0) is 14.1. The maximum Gasteiger partial charge on any atom is 0.142 e. The number of hydrogen-bond donors (Lipinski definition) is 3. The zero-order valence-corrected chi connectivity index (χ0v) is 11.0. The van der Waals surface area contributed by atoms with E-state index in [0.717, 1.165) is 11.1 Å². The number of hydrogen-bond acceptors (Lipinski definition) is 5. The second-order valence-electron chi connectivity index (χ2n) is 4.15. The Bertz CT molecular complexity index is 757. The summed E-state index contributed by atoms with van der Waals surface area (Å²) in [6.07, 6.45) is 4.81. The molecule has 0 unspecified atom stereocenters. The van der Waals surface area contributed by atoms with Crippen LogP contribution in [-0.4, -0.2) is 25.3 Å². The van der Waals surface area contributed by atoms with Gasteiger partial charge in [0.2, 0.25) is 0 Å². The molecule has 6 nitrogen and oxygen atoms in total. The van der Waals surface area contributed by atoms with E-state index >= 15 is 0 Å². The third kappa shape index (κ3) is 2.17. The van der Waals surface area contributed by atoms with Gasteiger partial charge in [-0.25, -0.2) is 4.98 Å². The summed E-state index contributed by atoms with van der Waals surface area (Å²) >= 11 is 5.93. The van der Waals surface area contributed by atoms with Gasteiger partial charge in [-0.1, -0.05) is 11.6 Å². The number of nitrogens with one attached hydrogen (secondary N) is 1. The highest BCUT2D eigenvalue weighted by Gasteiger charge is 2.13. The Morgan fingerprint density at radius 3 is 2.70 bits per heavy atom. The minimum Gasteiger partial charge on any atom is -0.506 e. The number of phenols is 1. The molecule has 0 radical (unpaired) electrons. The van der Waals surface area contributed by atoms with Crippen LogP contribution in [0.4, 0.5) is 5.82 Å². The van der Waals surface area contributed by atoms with Crippen LogP contribution in [0.1, 0.15) is 0 Å². The highest BCUT2D eigenvalue weighted by atomic mass is 35.5. The van der Waals surface area contributed by atoms with Crippen LogP contribution >= 0.6 is 11.6 Å². The highest BCUT2D eigenvalue weighted by Crippen LogP contribution is 2.33. The summed E-state index contributed by atoms with van der Waals surface area (Å²) in [5.41, 5.74) is 8.41. The molecule has 1 aromatic carbocycles. The molecule has 0 atom stereocenters. The lowest BCUT2D eigenvalue weighted by Gasteiger charge is -2.08. The van der Waals surface area contributed by atoms with Gasteiger partial charge in [-0.05, 0) is 18.2 Å². The number of nitrogens with two attached hydrogens (primary N) is 1. The number of phenolic OH excluding ortho intramolecular Hbond substituents is 1. The van der Waals surface area contributed by atoms with Gasteiger partial charge in [0.15, 0.2) is 0 Å². The van der Waals surface area contributed by atoms with E-state index < -0.39 is 0 Å². The standard InChI is InChI=1S/C13H10ClN5O/c14-9-3-7(1-2-10(9)20)12-13(8-4-17-18-5-8)19-11(15)6-16-12/h1-6,20H,(H2,15,19)(H,17,18). The van der Waals surface area contributed by atoms with E-state index in [1.54, 1.807) is 24.5 Å². The topological polar surface area (TPSA) is 101 Å². The van der Waals surface area contributed by atoms with E-state index in [1.807, 2.05) is 0 Å². The summed E-state index contributed by atoms with van der Waals surface area (Å²) in [5, 5.41) is 16.4. The fraction of sp³-hybridized carbons (Fsp3) is 0. The largest absolute Gasteiger partial charge is 0.506 e. The zero-order valence-electron chi connectivity index (χ0n) is 10.2. The first-order chi connectivity index (χ1) is 9.65. The van der Waals surface area contributed by atoms with E-state index in [0.29, 0.717) is 17.2 Å². The normalized spacial score (nSPS) is 10.7. The van der Waals surface area contributed by atoms with Crippen molar-refractivity contribution in [2.45, 2.75) is 0 Å². The minimum absolute atomic E-state index is 0.0173. The molecule has 7 heteroatoms. The van der Waals surface area contributed by atoms with Crippen molar-refractivity contribution in [2.75, 3.05) is 5.73 Å². The lowest BCUT2D eigenvalue weighted by molar-refractivity contribution is 0.475. The van der Waals surface area contributed by atoms with Gasteiger partial charge < -0.3 is 10.8 Å². The van der Waals surface area contributed by atoms with Gasteiger partial charge in [-0.3, -0.25) is 10.1 Å². The van der Waals surface area contributed by atoms with Crippen LogP contribution in [-0.2, 0) is 0 Å². The van der Waals surface area contributed by atoms with Crippen molar-refractivity contribution in [3.05, 3.63) is 41.8 Å². The summed E-state index contributed by atoms with van der Waals surface area (Å²) in [7, 11) is 0. The monoisotopic (exact) mass is 287 g/mol. The predicted octanol–water partition coefficient (Wildman–Crippen LogP) is 2.47. The van der Waals surface area contributed by atoms with Crippen LogP contribution in [0.5, 0.6) is 5.75 Å². The van der Waals surface area contributed by atoms with E-state index in [1.165, 1.54) is 12.3 Å². The number of aromatic amines is 1. The maximum absolute atomic E-state index is 9.49. The van der Waals surface area contributed by atoms with Gasteiger partial charge in [-0.15, -0.1) is 0 Å². The van der Waals surface area contributed by atoms with Gasteiger partial charge >= 0.3 is 0 Å². The van der Waals surface area contributed by atoms with Crippen molar-refractivity contribution in [3.63, 3.8) is 0 Å². The lowest BCUT2D eigenvalue weighted by atomic mass is 10.1. The summed E-state index contributed by atoms with van der Waals surface area (Å²) in [6.45, 7) is 0. The molecule has 0 aliphatic heterocycles. The van der Waals surface area contributed by atoms with Gasteiger partial charge in [0.1, 0.15) is 17.3 Å². The first kappa shape index (κ1) is 12.4. The molecule has 0 saturated heterocycles. The van der Waals surface area contributed by atoms with Crippen molar-refractivity contribution >= 4 is 17.4 Å². The fourth-order valence-electron chi connectivity index (χ4n) is 1.85. The maximum atomic E-state index is 9.49. The van der Waals surface area contributed by atoms with E-state index in [2.05, 4.69) is 20.2 Å². The van der Waals surface area contributed by atoms with E-state index in [-0.39, 0.29) is 10.8 Å². The number of halogens is 1. The Kier molecular flexibility index (Phi) is 3.00. The van der Waals surface area contributed by atoms with Crippen LogP contribution in [0, 0.1) is 0 Å². The average molecular weight is 288 g/mol. The molecule has 0 saturated carbocycles. The number of rotatable bonds is 2. The van der Waals surface area contributed by atoms with Gasteiger partial charge in [0.25, 0.3) is 0 Å². The van der Waals surface area contributed by atoms with E-state index in [9.17, 15) is 5.11 Å². The molecule has 100 valence electrons. The first-order valence-electron chi connectivity index (χ1n) is 5.75. The second-order valence-corrected chi connectivity index (χ2v) is 4.55. The Hall–Kier alpha value is -2.60. The third-order valence-corrected chi connectivity index (χ3v) is 3.09. The Labute approximate surface area is 119 Å². The third-order valence-electron chi connectivity index (χ3n) is 2.78. The summed E-state index contributed by atoms with van der Waals surface area (Å²) in [6, 6.07) is 4.85. The summed E-state index contributed by atoms with van der Waals surface area (Å²) < 4.78 is 0. The summed E-state index contributed by atoms with van der Waals surface area (Å²) in [4.78, 5) is 8.60. The van der Waals surface area contributed by atoms with Crippen LogP contribution < -0.4 is 5.73 Å². The van der Waals surface area contributed by atoms with Gasteiger partial charge in [0, 0.05) is 17.3 Å². The molecule has 20 heavy (non-hydrogen) atoms. The SMILES string of the molecule is Nc1cnc(-c2ccc(O)c(Cl)c2)c(-c2cn[nH]c2)n1. The quantitative estimate of drug-likeness (QED) is 0.672. The van der Waals surface area contributed by atoms with Crippen molar-refractivity contribution in [1.82, 2.24) is 20.2 Å². The minimum atomic E-state index is 0.0173. The Morgan fingerprint density at radius 1 is 1.15 bits per heavy atom. The van der Waals surface area contributed by atoms with Crippen molar-refractivity contribution in [2.24, 2.45) is 0 Å². The molecule has 3 rings (SSSR count). The number of nitrogens with zero attached hydrogens (tertiary/aromatic N) is 3. The molecular formula is C13H10ClN5O. The molecule has 0 bridgehead atoms. The second kappa shape index (κ2) is 4.82.